The highest BCUT2D eigenvalue weighted by Crippen LogP contribution is 2.26. The molecule has 2 N–H and O–H groups in total. The molecule has 122 valence electrons. The van der Waals surface area contributed by atoms with E-state index in [-0.39, 0.29) is 11.8 Å². The average molecular weight is 434 g/mol. The number of hydrogen-bond acceptors (Lipinski definition) is 2. The molecule has 1 aromatic rings. The van der Waals surface area contributed by atoms with Crippen molar-refractivity contribution in [2.24, 2.45) is 0 Å². The van der Waals surface area contributed by atoms with Gasteiger partial charge in [0.15, 0.2) is 0 Å². The Morgan fingerprint density at radius 3 is 1.64 bits per heavy atom. The van der Waals surface area contributed by atoms with Gasteiger partial charge in [0.25, 0.3) is 11.8 Å². The third-order valence-corrected chi connectivity index (χ3v) is 4.49. The summed E-state index contributed by atoms with van der Waals surface area (Å²) in [6.45, 7) is 5.41. The predicted octanol–water partition coefficient (Wildman–Crippen LogP) is 4.27. The van der Waals surface area contributed by atoms with Gasteiger partial charge in [0.2, 0.25) is 0 Å². The van der Waals surface area contributed by atoms with Gasteiger partial charge in [0.1, 0.15) is 0 Å². The average Bonchev–Trinajstić information content (AvgIpc) is 2.47. The van der Waals surface area contributed by atoms with Crippen molar-refractivity contribution in [1.29, 1.82) is 0 Å². The zero-order chi connectivity index (χ0) is 16.5. The third kappa shape index (κ3) is 5.72. The highest BCUT2D eigenvalue weighted by atomic mass is 79.9. The summed E-state index contributed by atoms with van der Waals surface area (Å²) in [4.78, 5) is 24.4. The molecular formula is C16H22Br2N2O2. The Hall–Kier alpha value is -0.880. The van der Waals surface area contributed by atoms with E-state index in [0.29, 0.717) is 33.2 Å². The Kier molecular flexibility index (Phi) is 8.71. The lowest BCUT2D eigenvalue weighted by molar-refractivity contribution is 0.0952. The van der Waals surface area contributed by atoms with E-state index in [1.165, 1.54) is 0 Å². The zero-order valence-corrected chi connectivity index (χ0v) is 16.1. The Labute approximate surface area is 148 Å². The van der Waals surface area contributed by atoms with E-state index in [4.69, 9.17) is 0 Å². The van der Waals surface area contributed by atoms with E-state index in [9.17, 15) is 9.59 Å². The fraction of sp³-hybridized carbons (Fsp3) is 0.500. The smallest absolute Gasteiger partial charge is 0.252 e. The quantitative estimate of drug-likeness (QED) is 0.601. The van der Waals surface area contributed by atoms with Gasteiger partial charge >= 0.3 is 0 Å². The molecule has 1 rings (SSSR count). The van der Waals surface area contributed by atoms with Crippen LogP contribution in [-0.2, 0) is 0 Å². The highest BCUT2D eigenvalue weighted by Gasteiger charge is 2.17. The first kappa shape index (κ1) is 19.2. The van der Waals surface area contributed by atoms with Crippen LogP contribution in [0.5, 0.6) is 0 Å². The lowest BCUT2D eigenvalue weighted by atomic mass is 10.1. The maximum atomic E-state index is 12.2. The van der Waals surface area contributed by atoms with Gasteiger partial charge in [0, 0.05) is 22.0 Å². The number of rotatable bonds is 8. The Balaban J connectivity index is 2.89. The number of amides is 2. The largest absolute Gasteiger partial charge is 0.352 e. The minimum Gasteiger partial charge on any atom is -0.352 e. The van der Waals surface area contributed by atoms with Gasteiger partial charge in [-0.1, -0.05) is 26.7 Å². The van der Waals surface area contributed by atoms with E-state index in [1.807, 2.05) is 0 Å². The fourth-order valence-electron chi connectivity index (χ4n) is 1.84. The van der Waals surface area contributed by atoms with Crippen LogP contribution in [0.15, 0.2) is 21.1 Å². The van der Waals surface area contributed by atoms with Gasteiger partial charge in [-0.05, 0) is 56.8 Å². The first-order valence-corrected chi connectivity index (χ1v) is 9.15. The van der Waals surface area contributed by atoms with E-state index >= 15 is 0 Å². The Bertz CT molecular complexity index is 490. The maximum Gasteiger partial charge on any atom is 0.252 e. The van der Waals surface area contributed by atoms with Gasteiger partial charge in [-0.3, -0.25) is 9.59 Å². The van der Waals surface area contributed by atoms with Crippen LogP contribution in [0.4, 0.5) is 0 Å². The number of nitrogens with one attached hydrogen (secondary N) is 2. The Morgan fingerprint density at radius 2 is 1.27 bits per heavy atom. The molecule has 1 aromatic carbocycles. The summed E-state index contributed by atoms with van der Waals surface area (Å²) in [5, 5.41) is 5.73. The monoisotopic (exact) mass is 432 g/mol. The minimum absolute atomic E-state index is 0.171. The third-order valence-electron chi connectivity index (χ3n) is 3.18. The molecule has 0 radical (unpaired) electrons. The van der Waals surface area contributed by atoms with Crippen molar-refractivity contribution in [3.05, 3.63) is 32.2 Å². The van der Waals surface area contributed by atoms with Crippen molar-refractivity contribution in [2.45, 2.75) is 39.5 Å². The van der Waals surface area contributed by atoms with Gasteiger partial charge in [-0.25, -0.2) is 0 Å². The van der Waals surface area contributed by atoms with Crippen molar-refractivity contribution in [3.8, 4) is 0 Å². The van der Waals surface area contributed by atoms with Crippen LogP contribution < -0.4 is 10.6 Å². The van der Waals surface area contributed by atoms with Gasteiger partial charge in [0.05, 0.1) is 11.1 Å². The summed E-state index contributed by atoms with van der Waals surface area (Å²) >= 11 is 6.76. The molecule has 2 amide bonds. The molecule has 0 aliphatic carbocycles. The van der Waals surface area contributed by atoms with Gasteiger partial charge < -0.3 is 10.6 Å². The minimum atomic E-state index is -0.171. The summed E-state index contributed by atoms with van der Waals surface area (Å²) in [6.07, 6.45) is 3.91. The second kappa shape index (κ2) is 10.0. The van der Waals surface area contributed by atoms with E-state index in [2.05, 4.69) is 56.3 Å². The lowest BCUT2D eigenvalue weighted by Crippen LogP contribution is -2.27. The number of carbonyl (C=O) groups excluding carboxylic acids is 2. The van der Waals surface area contributed by atoms with Crippen molar-refractivity contribution in [3.63, 3.8) is 0 Å². The molecule has 0 heterocycles. The normalized spacial score (nSPS) is 10.4. The summed E-state index contributed by atoms with van der Waals surface area (Å²) in [5.41, 5.74) is 0.944. The molecule has 0 atom stereocenters. The second-order valence-electron chi connectivity index (χ2n) is 5.03. The van der Waals surface area contributed by atoms with Crippen molar-refractivity contribution < 1.29 is 9.59 Å². The topological polar surface area (TPSA) is 58.2 Å². The highest BCUT2D eigenvalue weighted by molar-refractivity contribution is 9.11. The van der Waals surface area contributed by atoms with E-state index < -0.39 is 0 Å². The first-order valence-electron chi connectivity index (χ1n) is 7.56. The molecule has 0 spiro atoms. The SMILES string of the molecule is CCCCNC(=O)c1cc(C(=O)NCCCC)c(Br)cc1Br. The van der Waals surface area contributed by atoms with Crippen LogP contribution in [0, 0.1) is 0 Å². The lowest BCUT2D eigenvalue weighted by Gasteiger charge is -2.11. The van der Waals surface area contributed by atoms with Crippen LogP contribution in [0.1, 0.15) is 60.2 Å². The van der Waals surface area contributed by atoms with Crippen molar-refractivity contribution >= 4 is 43.7 Å². The summed E-state index contributed by atoms with van der Waals surface area (Å²) in [6, 6.07) is 3.36. The standard InChI is InChI=1S/C16H22Br2N2O2/c1-3-5-7-19-15(21)11-9-12(14(18)10-13(11)17)16(22)20-8-6-4-2/h9-10H,3-8H2,1-2H3,(H,19,21)(H,20,22). The molecule has 4 nitrogen and oxygen atoms in total. The summed E-state index contributed by atoms with van der Waals surface area (Å²) in [7, 11) is 0. The summed E-state index contributed by atoms with van der Waals surface area (Å²) in [5.74, 6) is -0.342. The molecule has 22 heavy (non-hydrogen) atoms. The van der Waals surface area contributed by atoms with Crippen molar-refractivity contribution in [2.75, 3.05) is 13.1 Å². The van der Waals surface area contributed by atoms with E-state index in [1.54, 1.807) is 12.1 Å². The molecule has 0 aliphatic heterocycles. The Morgan fingerprint density at radius 1 is 0.864 bits per heavy atom. The van der Waals surface area contributed by atoms with Crippen LogP contribution >= 0.6 is 31.9 Å². The number of unbranched alkanes of at least 4 members (excludes halogenated alkanes) is 2. The molecule has 0 aromatic heterocycles. The number of hydrogen-bond donors (Lipinski definition) is 2. The van der Waals surface area contributed by atoms with Crippen LogP contribution in [0.3, 0.4) is 0 Å². The molecule has 0 unspecified atom stereocenters. The zero-order valence-electron chi connectivity index (χ0n) is 13.0. The summed E-state index contributed by atoms with van der Waals surface area (Å²) < 4.78 is 1.33. The number of benzene rings is 1. The van der Waals surface area contributed by atoms with Gasteiger partial charge in [-0.2, -0.15) is 0 Å². The number of carbonyl (C=O) groups is 2. The van der Waals surface area contributed by atoms with Gasteiger partial charge in [-0.15, -0.1) is 0 Å². The first-order chi connectivity index (χ1) is 10.5. The molecule has 0 aliphatic rings. The molecule has 0 fully saturated rings. The second-order valence-corrected chi connectivity index (χ2v) is 6.74. The molecular weight excluding hydrogens is 412 g/mol. The van der Waals surface area contributed by atoms with Crippen LogP contribution in [0.2, 0.25) is 0 Å². The van der Waals surface area contributed by atoms with Crippen molar-refractivity contribution in [1.82, 2.24) is 10.6 Å². The number of halogens is 2. The predicted molar refractivity (Wildman–Crippen MR) is 96.3 cm³/mol. The molecule has 6 heteroatoms. The maximum absolute atomic E-state index is 12.2. The van der Waals surface area contributed by atoms with Crippen LogP contribution in [0.25, 0.3) is 0 Å². The fourth-order valence-corrected chi connectivity index (χ4v) is 3.20. The molecule has 0 saturated heterocycles. The van der Waals surface area contributed by atoms with E-state index in [0.717, 1.165) is 25.7 Å². The molecule has 0 bridgehead atoms. The molecule has 0 saturated carbocycles. The van der Waals surface area contributed by atoms with Crippen LogP contribution in [-0.4, -0.2) is 24.9 Å².